The average molecular weight is 420 g/mol. The van der Waals surface area contributed by atoms with E-state index < -0.39 is 10.0 Å². The first-order valence-corrected chi connectivity index (χ1v) is 10.9. The van der Waals surface area contributed by atoms with Gasteiger partial charge in [-0.1, -0.05) is 0 Å². The normalized spacial score (nSPS) is 14.1. The summed E-state index contributed by atoms with van der Waals surface area (Å²) in [7, 11) is -3.67. The lowest BCUT2D eigenvalue weighted by Crippen LogP contribution is -2.28. The number of sulfonamides is 1. The maximum absolute atomic E-state index is 12.4. The number of carbonyl (C=O) groups is 1. The van der Waals surface area contributed by atoms with Crippen molar-refractivity contribution >= 4 is 27.4 Å². The molecule has 2 heterocycles. The molecule has 9 nitrogen and oxygen atoms in total. The van der Waals surface area contributed by atoms with E-state index >= 15 is 0 Å². The number of amides is 1. The van der Waals surface area contributed by atoms with Crippen LogP contribution in [-0.2, 0) is 14.8 Å². The molecule has 3 rings (SSSR count). The van der Waals surface area contributed by atoms with E-state index in [1.807, 2.05) is 0 Å². The van der Waals surface area contributed by atoms with Crippen molar-refractivity contribution in [2.75, 3.05) is 36.5 Å². The first kappa shape index (κ1) is 21.0. The second-order valence-corrected chi connectivity index (χ2v) is 8.52. The zero-order chi connectivity index (χ0) is 20.9. The topological polar surface area (TPSA) is 114 Å². The van der Waals surface area contributed by atoms with E-state index in [9.17, 15) is 13.2 Å². The van der Waals surface area contributed by atoms with E-state index in [1.165, 1.54) is 31.2 Å². The van der Waals surface area contributed by atoms with Crippen LogP contribution in [0.15, 0.2) is 35.2 Å². The molecule has 0 spiro atoms. The van der Waals surface area contributed by atoms with Gasteiger partial charge < -0.3 is 15.0 Å². The van der Waals surface area contributed by atoms with Crippen molar-refractivity contribution in [2.24, 2.45) is 0 Å². The second-order valence-electron chi connectivity index (χ2n) is 6.76. The minimum Gasteiger partial charge on any atom is -0.476 e. The predicted molar refractivity (Wildman–Crippen MR) is 110 cm³/mol. The number of rotatable bonds is 8. The summed E-state index contributed by atoms with van der Waals surface area (Å²) in [6, 6.07) is 7.73. The van der Waals surface area contributed by atoms with E-state index in [1.54, 1.807) is 13.0 Å². The lowest BCUT2D eigenvalue weighted by Gasteiger charge is -2.17. The number of hydrogen-bond acceptors (Lipinski definition) is 7. The third kappa shape index (κ3) is 5.88. The molecule has 0 saturated carbocycles. The Kier molecular flexibility index (Phi) is 6.65. The van der Waals surface area contributed by atoms with Crippen molar-refractivity contribution in [1.29, 1.82) is 0 Å². The zero-order valence-electron chi connectivity index (χ0n) is 16.5. The van der Waals surface area contributed by atoms with Crippen molar-refractivity contribution < 1.29 is 17.9 Å². The number of carbonyl (C=O) groups excluding carboxylic acids is 1. The van der Waals surface area contributed by atoms with Gasteiger partial charge in [0.2, 0.25) is 21.8 Å². The molecule has 1 aromatic carbocycles. The number of anilines is 2. The Labute approximate surface area is 170 Å². The van der Waals surface area contributed by atoms with E-state index in [2.05, 4.69) is 24.9 Å². The van der Waals surface area contributed by atoms with Gasteiger partial charge in [0.05, 0.1) is 4.90 Å². The zero-order valence-corrected chi connectivity index (χ0v) is 17.3. The van der Waals surface area contributed by atoms with Gasteiger partial charge >= 0.3 is 0 Å². The summed E-state index contributed by atoms with van der Waals surface area (Å²) in [5.74, 6) is 1.66. The quantitative estimate of drug-likeness (QED) is 0.626. The molecule has 0 bridgehead atoms. The number of aromatic nitrogens is 2. The van der Waals surface area contributed by atoms with Gasteiger partial charge in [0.15, 0.2) is 0 Å². The molecule has 1 saturated heterocycles. The largest absolute Gasteiger partial charge is 0.476 e. The molecule has 2 N–H and O–H groups in total. The van der Waals surface area contributed by atoms with Crippen LogP contribution < -0.4 is 19.7 Å². The highest BCUT2D eigenvalue weighted by Gasteiger charge is 2.16. The van der Waals surface area contributed by atoms with Crippen molar-refractivity contribution in [3.63, 3.8) is 0 Å². The second kappa shape index (κ2) is 9.19. The molecule has 1 fully saturated rings. The SMILES string of the molecule is CC(=O)Nc1ccc(S(=O)(=O)NCCOc2cc(N3CCCC3)nc(C)n2)cc1. The molecule has 1 aliphatic heterocycles. The molecule has 29 heavy (non-hydrogen) atoms. The Balaban J connectivity index is 1.53. The van der Waals surface area contributed by atoms with E-state index in [0.29, 0.717) is 17.4 Å². The van der Waals surface area contributed by atoms with E-state index in [0.717, 1.165) is 31.7 Å². The fraction of sp³-hybridized carbons (Fsp3) is 0.421. The summed E-state index contributed by atoms with van der Waals surface area (Å²) in [6.45, 7) is 5.36. The van der Waals surface area contributed by atoms with Crippen molar-refractivity contribution in [2.45, 2.75) is 31.6 Å². The number of ether oxygens (including phenoxy) is 1. The van der Waals surface area contributed by atoms with Crippen LogP contribution in [0.4, 0.5) is 11.5 Å². The summed E-state index contributed by atoms with van der Waals surface area (Å²) in [4.78, 5) is 22.0. The summed E-state index contributed by atoms with van der Waals surface area (Å²) >= 11 is 0. The van der Waals surface area contributed by atoms with Gasteiger partial charge in [-0.3, -0.25) is 4.79 Å². The number of hydrogen-bond donors (Lipinski definition) is 2. The predicted octanol–water partition coefficient (Wildman–Crippen LogP) is 1.70. The Morgan fingerprint density at radius 2 is 1.86 bits per heavy atom. The fourth-order valence-electron chi connectivity index (χ4n) is 3.04. The Hall–Kier alpha value is -2.72. The van der Waals surface area contributed by atoms with Crippen LogP contribution in [0, 0.1) is 6.92 Å². The summed E-state index contributed by atoms with van der Waals surface area (Å²) in [5, 5.41) is 2.59. The molecule has 0 aliphatic carbocycles. The van der Waals surface area contributed by atoms with Crippen LogP contribution in [-0.4, -0.2) is 50.5 Å². The Bertz CT molecular complexity index is 957. The number of nitrogens with zero attached hydrogens (tertiary/aromatic N) is 3. The molecule has 2 aromatic rings. The van der Waals surface area contributed by atoms with Gasteiger partial charge in [-0.15, -0.1) is 0 Å². The minimum absolute atomic E-state index is 0.0951. The minimum atomic E-state index is -3.67. The first-order chi connectivity index (χ1) is 13.8. The standard InChI is InChI=1S/C19H25N5O4S/c1-14-21-18(24-10-3-4-11-24)13-19(22-14)28-12-9-20-29(26,27)17-7-5-16(6-8-17)23-15(2)25/h5-8,13,20H,3-4,9-12H2,1-2H3,(H,23,25). The van der Waals surface area contributed by atoms with Crippen molar-refractivity contribution in [3.8, 4) is 5.88 Å². The van der Waals surface area contributed by atoms with E-state index in [-0.39, 0.29) is 24.0 Å². The molecule has 0 radical (unpaired) electrons. The molecule has 1 amide bonds. The Morgan fingerprint density at radius 1 is 1.17 bits per heavy atom. The van der Waals surface area contributed by atoms with Gasteiger partial charge in [-0.2, -0.15) is 4.98 Å². The van der Waals surface area contributed by atoms with E-state index in [4.69, 9.17) is 4.74 Å². The number of aryl methyl sites for hydroxylation is 1. The molecule has 0 atom stereocenters. The molecule has 1 aromatic heterocycles. The maximum Gasteiger partial charge on any atom is 0.240 e. The number of nitrogens with one attached hydrogen (secondary N) is 2. The molecule has 10 heteroatoms. The first-order valence-electron chi connectivity index (χ1n) is 9.44. The highest BCUT2D eigenvalue weighted by Crippen LogP contribution is 2.21. The fourth-order valence-corrected chi connectivity index (χ4v) is 4.06. The van der Waals surface area contributed by atoms with Gasteiger partial charge in [-0.05, 0) is 44.0 Å². The average Bonchev–Trinajstić information content (AvgIpc) is 3.20. The van der Waals surface area contributed by atoms with Gasteiger partial charge in [0, 0.05) is 38.3 Å². The highest BCUT2D eigenvalue weighted by molar-refractivity contribution is 7.89. The van der Waals surface area contributed by atoms with Crippen molar-refractivity contribution in [1.82, 2.24) is 14.7 Å². The van der Waals surface area contributed by atoms with Crippen LogP contribution >= 0.6 is 0 Å². The molecular weight excluding hydrogens is 394 g/mol. The molecule has 0 unspecified atom stereocenters. The summed E-state index contributed by atoms with van der Waals surface area (Å²) in [6.07, 6.45) is 2.29. The number of benzene rings is 1. The van der Waals surface area contributed by atoms with Gasteiger partial charge in [0.25, 0.3) is 0 Å². The molecular formula is C19H25N5O4S. The van der Waals surface area contributed by atoms with Gasteiger partial charge in [-0.25, -0.2) is 18.1 Å². The maximum atomic E-state index is 12.4. The lowest BCUT2D eigenvalue weighted by molar-refractivity contribution is -0.114. The van der Waals surface area contributed by atoms with Crippen LogP contribution in [0.2, 0.25) is 0 Å². The monoisotopic (exact) mass is 419 g/mol. The summed E-state index contributed by atoms with van der Waals surface area (Å²) in [5.41, 5.74) is 0.535. The third-order valence-electron chi connectivity index (χ3n) is 4.36. The Morgan fingerprint density at radius 3 is 2.52 bits per heavy atom. The van der Waals surface area contributed by atoms with Crippen LogP contribution in [0.25, 0.3) is 0 Å². The van der Waals surface area contributed by atoms with Crippen molar-refractivity contribution in [3.05, 3.63) is 36.2 Å². The summed E-state index contributed by atoms with van der Waals surface area (Å²) < 4.78 is 32.9. The lowest BCUT2D eigenvalue weighted by atomic mass is 10.3. The van der Waals surface area contributed by atoms with Crippen LogP contribution in [0.5, 0.6) is 5.88 Å². The third-order valence-corrected chi connectivity index (χ3v) is 5.84. The smallest absolute Gasteiger partial charge is 0.240 e. The molecule has 156 valence electrons. The van der Waals surface area contributed by atoms with Crippen LogP contribution in [0.3, 0.4) is 0 Å². The molecule has 1 aliphatic rings. The van der Waals surface area contributed by atoms with Gasteiger partial charge in [0.1, 0.15) is 18.2 Å². The highest BCUT2D eigenvalue weighted by atomic mass is 32.2. The van der Waals surface area contributed by atoms with Crippen LogP contribution in [0.1, 0.15) is 25.6 Å².